The molecule has 2 atom stereocenters. The zero-order chi connectivity index (χ0) is 29.7. The van der Waals surface area contributed by atoms with E-state index >= 15 is 0 Å². The molecule has 0 aromatic rings. The van der Waals surface area contributed by atoms with Gasteiger partial charge in [0.2, 0.25) is 0 Å². The maximum atomic E-state index is 12.4. The fraction of sp³-hybridized carbons (Fsp3) is 0.912. The van der Waals surface area contributed by atoms with Crippen LogP contribution in [0.3, 0.4) is 0 Å². The Morgan fingerprint density at radius 1 is 0.500 bits per heavy atom. The Morgan fingerprint density at radius 2 is 0.875 bits per heavy atom. The maximum absolute atomic E-state index is 12.4. The summed E-state index contributed by atoms with van der Waals surface area (Å²) in [5, 5.41) is 0. The van der Waals surface area contributed by atoms with Crippen LogP contribution < -0.4 is 0 Å². The normalized spacial score (nSPS) is 12.6. The Balaban J connectivity index is 4.31. The van der Waals surface area contributed by atoms with E-state index in [1.54, 1.807) is 0 Å². The molecule has 1 unspecified atom stereocenters. The Kier molecular flexibility index (Phi) is 27.8. The molecule has 236 valence electrons. The standard InChI is InChI=1S/C34H64O6/c1-5-8-10-12-13-18-21-25-32(35)38-28-31(40-34(37)27-23-16-11-9-6-2)29-39-33(36)26-22-19-15-14-17-20-24-30(4)7-3/h30-31H,5-29H2,1-4H3/t30?,31-/m0/s1. The van der Waals surface area contributed by atoms with Crippen LogP contribution >= 0.6 is 0 Å². The van der Waals surface area contributed by atoms with Gasteiger partial charge in [-0.25, -0.2) is 0 Å². The summed E-state index contributed by atoms with van der Waals surface area (Å²) in [5.41, 5.74) is 0. The number of esters is 3. The molecule has 0 spiro atoms. The maximum Gasteiger partial charge on any atom is 0.306 e. The average Bonchev–Trinajstić information content (AvgIpc) is 2.95. The largest absolute Gasteiger partial charge is 0.462 e. The Hall–Kier alpha value is -1.59. The quantitative estimate of drug-likeness (QED) is 0.0508. The molecule has 6 heteroatoms. The third-order valence-electron chi connectivity index (χ3n) is 7.65. The van der Waals surface area contributed by atoms with E-state index in [2.05, 4.69) is 27.7 Å². The van der Waals surface area contributed by atoms with E-state index in [1.807, 2.05) is 0 Å². The molecular weight excluding hydrogens is 504 g/mol. The molecule has 0 rings (SSSR count). The first-order valence-electron chi connectivity index (χ1n) is 16.9. The molecule has 0 aromatic heterocycles. The molecule has 6 nitrogen and oxygen atoms in total. The summed E-state index contributed by atoms with van der Waals surface area (Å²) in [6.45, 7) is 8.78. The minimum absolute atomic E-state index is 0.0686. The summed E-state index contributed by atoms with van der Waals surface area (Å²) in [5.74, 6) is -0.0808. The van der Waals surface area contributed by atoms with Crippen LogP contribution in [0.25, 0.3) is 0 Å². The van der Waals surface area contributed by atoms with Gasteiger partial charge in [-0.1, -0.05) is 137 Å². The summed E-state index contributed by atoms with van der Waals surface area (Å²) in [4.78, 5) is 36.9. The van der Waals surface area contributed by atoms with Crippen molar-refractivity contribution in [1.82, 2.24) is 0 Å². The minimum atomic E-state index is -0.754. The van der Waals surface area contributed by atoms with Crippen LogP contribution in [0.1, 0.15) is 175 Å². The van der Waals surface area contributed by atoms with Gasteiger partial charge in [0.15, 0.2) is 6.10 Å². The Bertz CT molecular complexity index is 605. The lowest BCUT2D eigenvalue weighted by Crippen LogP contribution is -2.30. The second kappa shape index (κ2) is 28.9. The van der Waals surface area contributed by atoms with Gasteiger partial charge in [0, 0.05) is 19.3 Å². The van der Waals surface area contributed by atoms with Crippen molar-refractivity contribution in [3.8, 4) is 0 Å². The summed E-state index contributed by atoms with van der Waals surface area (Å²) in [7, 11) is 0. The van der Waals surface area contributed by atoms with Gasteiger partial charge in [0.1, 0.15) is 13.2 Å². The highest BCUT2D eigenvalue weighted by molar-refractivity contribution is 5.71. The van der Waals surface area contributed by atoms with Gasteiger partial charge in [-0.05, 0) is 25.2 Å². The first-order chi connectivity index (χ1) is 19.4. The van der Waals surface area contributed by atoms with Gasteiger partial charge in [-0.3, -0.25) is 14.4 Å². The van der Waals surface area contributed by atoms with Gasteiger partial charge in [-0.2, -0.15) is 0 Å². The summed E-state index contributed by atoms with van der Waals surface area (Å²) in [6.07, 6.45) is 22.7. The summed E-state index contributed by atoms with van der Waals surface area (Å²) in [6, 6.07) is 0. The van der Waals surface area contributed by atoms with Crippen LogP contribution in [0.4, 0.5) is 0 Å². The van der Waals surface area contributed by atoms with Crippen molar-refractivity contribution in [3.63, 3.8) is 0 Å². The number of hydrogen-bond donors (Lipinski definition) is 0. The van der Waals surface area contributed by atoms with Crippen LogP contribution in [0.15, 0.2) is 0 Å². The molecule has 0 saturated carbocycles. The smallest absolute Gasteiger partial charge is 0.306 e. The predicted octanol–water partition coefficient (Wildman–Crippen LogP) is 9.65. The third kappa shape index (κ3) is 26.6. The summed E-state index contributed by atoms with van der Waals surface area (Å²) >= 11 is 0. The van der Waals surface area contributed by atoms with Crippen molar-refractivity contribution in [1.29, 1.82) is 0 Å². The molecule has 0 saturated heterocycles. The highest BCUT2D eigenvalue weighted by Gasteiger charge is 2.19. The topological polar surface area (TPSA) is 78.9 Å². The highest BCUT2D eigenvalue weighted by Crippen LogP contribution is 2.15. The van der Waals surface area contributed by atoms with Crippen LogP contribution in [0.5, 0.6) is 0 Å². The van der Waals surface area contributed by atoms with Crippen molar-refractivity contribution in [2.45, 2.75) is 181 Å². The number of carbonyl (C=O) groups excluding carboxylic acids is 3. The monoisotopic (exact) mass is 568 g/mol. The number of unbranched alkanes of at least 4 members (excludes halogenated alkanes) is 15. The first-order valence-corrected chi connectivity index (χ1v) is 16.9. The lowest BCUT2D eigenvalue weighted by Gasteiger charge is -2.18. The van der Waals surface area contributed by atoms with Crippen LogP contribution in [0, 0.1) is 5.92 Å². The minimum Gasteiger partial charge on any atom is -0.462 e. The predicted molar refractivity (Wildman–Crippen MR) is 164 cm³/mol. The number of carbonyl (C=O) groups is 3. The molecular formula is C34H64O6. The number of rotatable bonds is 29. The van der Waals surface area contributed by atoms with Crippen molar-refractivity contribution in [2.24, 2.45) is 5.92 Å². The Morgan fingerprint density at radius 3 is 1.30 bits per heavy atom. The lowest BCUT2D eigenvalue weighted by atomic mass is 10.00. The van der Waals surface area contributed by atoms with E-state index in [0.717, 1.165) is 70.1 Å². The second-order valence-electron chi connectivity index (χ2n) is 11.7. The van der Waals surface area contributed by atoms with Gasteiger partial charge in [0.25, 0.3) is 0 Å². The molecule has 0 bridgehead atoms. The highest BCUT2D eigenvalue weighted by atomic mass is 16.6. The molecule has 0 N–H and O–H groups in total. The van der Waals surface area contributed by atoms with Crippen molar-refractivity contribution in [3.05, 3.63) is 0 Å². The molecule has 0 amide bonds. The molecule has 0 radical (unpaired) electrons. The molecule has 0 aliphatic heterocycles. The van der Waals surface area contributed by atoms with Crippen LogP contribution in [-0.2, 0) is 28.6 Å². The zero-order valence-electron chi connectivity index (χ0n) is 26.8. The summed E-state index contributed by atoms with van der Waals surface area (Å²) < 4.78 is 16.4. The first kappa shape index (κ1) is 38.4. The molecule has 40 heavy (non-hydrogen) atoms. The fourth-order valence-electron chi connectivity index (χ4n) is 4.65. The molecule has 0 aromatic carbocycles. The van der Waals surface area contributed by atoms with Gasteiger partial charge < -0.3 is 14.2 Å². The second-order valence-corrected chi connectivity index (χ2v) is 11.7. The zero-order valence-corrected chi connectivity index (χ0v) is 26.8. The lowest BCUT2D eigenvalue weighted by molar-refractivity contribution is -0.167. The van der Waals surface area contributed by atoms with E-state index in [1.165, 1.54) is 64.2 Å². The number of ether oxygens (including phenoxy) is 3. The van der Waals surface area contributed by atoms with E-state index in [4.69, 9.17) is 14.2 Å². The van der Waals surface area contributed by atoms with E-state index in [-0.39, 0.29) is 31.1 Å². The van der Waals surface area contributed by atoms with Gasteiger partial charge >= 0.3 is 17.9 Å². The average molecular weight is 569 g/mol. The van der Waals surface area contributed by atoms with Crippen molar-refractivity contribution < 1.29 is 28.6 Å². The molecule has 0 aliphatic carbocycles. The third-order valence-corrected chi connectivity index (χ3v) is 7.65. The number of hydrogen-bond acceptors (Lipinski definition) is 6. The van der Waals surface area contributed by atoms with E-state index < -0.39 is 6.10 Å². The van der Waals surface area contributed by atoms with Gasteiger partial charge in [0.05, 0.1) is 0 Å². The molecule has 0 heterocycles. The fourth-order valence-corrected chi connectivity index (χ4v) is 4.65. The SMILES string of the molecule is CCCCCCCCCC(=O)OC[C@@H](COC(=O)CCCCCCCCC(C)CC)OC(=O)CCCCCCC. The van der Waals surface area contributed by atoms with Crippen LogP contribution in [-0.4, -0.2) is 37.2 Å². The van der Waals surface area contributed by atoms with Crippen molar-refractivity contribution in [2.75, 3.05) is 13.2 Å². The van der Waals surface area contributed by atoms with Gasteiger partial charge in [-0.15, -0.1) is 0 Å². The Labute approximate surface area is 247 Å². The van der Waals surface area contributed by atoms with Crippen molar-refractivity contribution >= 4 is 17.9 Å². The van der Waals surface area contributed by atoms with E-state index in [9.17, 15) is 14.4 Å². The molecule has 0 aliphatic rings. The van der Waals surface area contributed by atoms with Crippen LogP contribution in [0.2, 0.25) is 0 Å². The van der Waals surface area contributed by atoms with E-state index in [0.29, 0.717) is 19.3 Å². The molecule has 0 fully saturated rings.